The number of aromatic nitrogens is 2. The van der Waals surface area contributed by atoms with Crippen LogP contribution in [0.1, 0.15) is 24.8 Å². The van der Waals surface area contributed by atoms with Gasteiger partial charge in [0.15, 0.2) is 5.78 Å². The number of nitrogens with zero attached hydrogens (tertiary/aromatic N) is 4. The molecule has 1 aliphatic rings. The number of hydrogen-bond acceptors (Lipinski definition) is 5. The van der Waals surface area contributed by atoms with E-state index in [-0.39, 0.29) is 28.7 Å². The van der Waals surface area contributed by atoms with E-state index in [9.17, 15) is 22.8 Å². The highest BCUT2D eigenvalue weighted by Gasteiger charge is 2.41. The molecule has 128 valence electrons. The first-order chi connectivity index (χ1) is 10.6. The molecule has 6 nitrogen and oxygen atoms in total. The summed E-state index contributed by atoms with van der Waals surface area (Å²) in [6.07, 6.45) is -4.33. The summed E-state index contributed by atoms with van der Waals surface area (Å²) in [6, 6.07) is -1.46. The third-order valence-corrected chi connectivity index (χ3v) is 4.42. The molecule has 0 N–H and O–H groups in total. The van der Waals surface area contributed by atoms with Gasteiger partial charge in [-0.2, -0.15) is 13.2 Å². The topological polar surface area (TPSA) is 66.4 Å². The van der Waals surface area contributed by atoms with Crippen molar-refractivity contribution in [2.24, 2.45) is 0 Å². The Balaban J connectivity index is 2.34. The van der Waals surface area contributed by atoms with Crippen LogP contribution in [-0.2, 0) is 11.0 Å². The maximum atomic E-state index is 12.7. The average molecular weight is 371 g/mol. The van der Waals surface area contributed by atoms with Gasteiger partial charge in [-0.25, -0.2) is 4.79 Å². The molecule has 2 rings (SSSR count). The molecule has 11 heteroatoms. The molecule has 1 saturated heterocycles. The smallest absolute Gasteiger partial charge is 0.327 e. The lowest BCUT2D eigenvalue weighted by molar-refractivity contribution is -0.138. The highest BCUT2D eigenvalue weighted by molar-refractivity contribution is 7.15. The SMILES string of the molecule is CC(Cl)CC(=O)C1CCN(C)C(=O)N1c1nnc(C(F)(F)F)s1. The Morgan fingerprint density at radius 2 is 2.13 bits per heavy atom. The fourth-order valence-corrected chi connectivity index (χ4v) is 3.13. The molecule has 23 heavy (non-hydrogen) atoms. The van der Waals surface area contributed by atoms with E-state index in [4.69, 9.17) is 11.6 Å². The fourth-order valence-electron chi connectivity index (χ4n) is 2.22. The Bertz CT molecular complexity index is 607. The number of halogens is 4. The molecule has 1 fully saturated rings. The van der Waals surface area contributed by atoms with Gasteiger partial charge in [0.05, 0.1) is 0 Å². The van der Waals surface area contributed by atoms with E-state index in [1.807, 2.05) is 0 Å². The third-order valence-electron chi connectivity index (χ3n) is 3.30. The van der Waals surface area contributed by atoms with Crippen LogP contribution in [0.25, 0.3) is 0 Å². The molecule has 0 saturated carbocycles. The molecule has 1 aliphatic heterocycles. The summed E-state index contributed by atoms with van der Waals surface area (Å²) < 4.78 is 38.0. The van der Waals surface area contributed by atoms with Gasteiger partial charge in [0.2, 0.25) is 10.1 Å². The predicted molar refractivity (Wildman–Crippen MR) is 78.8 cm³/mol. The van der Waals surface area contributed by atoms with Crippen LogP contribution in [0.3, 0.4) is 0 Å². The normalized spacial score (nSPS) is 20.8. The first-order valence-corrected chi connectivity index (χ1v) is 7.98. The number of alkyl halides is 4. The Morgan fingerprint density at radius 1 is 1.48 bits per heavy atom. The average Bonchev–Trinajstić information content (AvgIpc) is 2.90. The fraction of sp³-hybridized carbons (Fsp3) is 0.667. The van der Waals surface area contributed by atoms with Gasteiger partial charge >= 0.3 is 12.2 Å². The van der Waals surface area contributed by atoms with Crippen molar-refractivity contribution in [1.82, 2.24) is 15.1 Å². The molecule has 2 atom stereocenters. The van der Waals surface area contributed by atoms with Crippen molar-refractivity contribution in [3.05, 3.63) is 5.01 Å². The van der Waals surface area contributed by atoms with Gasteiger partial charge in [-0.3, -0.25) is 9.69 Å². The monoisotopic (exact) mass is 370 g/mol. The van der Waals surface area contributed by atoms with Crippen molar-refractivity contribution >= 4 is 39.9 Å². The molecular formula is C12H14ClF3N4O2S. The van der Waals surface area contributed by atoms with Crippen LogP contribution in [0, 0.1) is 0 Å². The lowest BCUT2D eigenvalue weighted by Crippen LogP contribution is -2.56. The molecule has 1 aromatic heterocycles. The number of amides is 2. The Hall–Kier alpha value is -1.42. The standard InChI is InChI=1S/C12H14ClF3N4O2S/c1-6(13)5-8(21)7-3-4-19(2)11(22)20(7)10-18-17-9(23-10)12(14,15)16/h6-7H,3-5H2,1-2H3. The van der Waals surface area contributed by atoms with Crippen molar-refractivity contribution in [3.63, 3.8) is 0 Å². The summed E-state index contributed by atoms with van der Waals surface area (Å²) in [6.45, 7) is 1.96. The van der Waals surface area contributed by atoms with Crippen molar-refractivity contribution in [2.75, 3.05) is 18.5 Å². The van der Waals surface area contributed by atoms with E-state index in [1.165, 1.54) is 11.9 Å². The highest BCUT2D eigenvalue weighted by Crippen LogP contribution is 2.36. The van der Waals surface area contributed by atoms with E-state index in [1.54, 1.807) is 6.92 Å². The van der Waals surface area contributed by atoms with Crippen molar-refractivity contribution in [2.45, 2.75) is 37.4 Å². The van der Waals surface area contributed by atoms with E-state index in [0.29, 0.717) is 13.0 Å². The minimum atomic E-state index is -4.65. The zero-order valence-electron chi connectivity index (χ0n) is 12.3. The summed E-state index contributed by atoms with van der Waals surface area (Å²) in [7, 11) is 1.51. The molecule has 2 unspecified atom stereocenters. The maximum Gasteiger partial charge on any atom is 0.445 e. The van der Waals surface area contributed by atoms with Crippen LogP contribution in [0.4, 0.5) is 23.1 Å². The number of carbonyl (C=O) groups excluding carboxylic acids is 2. The quantitative estimate of drug-likeness (QED) is 0.764. The second-order valence-electron chi connectivity index (χ2n) is 5.22. The lowest BCUT2D eigenvalue weighted by Gasteiger charge is -2.37. The largest absolute Gasteiger partial charge is 0.445 e. The molecule has 0 radical (unpaired) electrons. The number of urea groups is 1. The van der Waals surface area contributed by atoms with Gasteiger partial charge in [0, 0.05) is 25.4 Å². The van der Waals surface area contributed by atoms with Crippen LogP contribution in [0.2, 0.25) is 0 Å². The van der Waals surface area contributed by atoms with Crippen LogP contribution >= 0.6 is 22.9 Å². The Labute approximate surface area is 139 Å². The Morgan fingerprint density at radius 3 is 2.65 bits per heavy atom. The van der Waals surface area contributed by atoms with Crippen LogP contribution in [0.15, 0.2) is 0 Å². The number of hydrogen-bond donors (Lipinski definition) is 0. The molecule has 0 bridgehead atoms. The van der Waals surface area contributed by atoms with Crippen molar-refractivity contribution in [1.29, 1.82) is 0 Å². The molecule has 1 aromatic rings. The lowest BCUT2D eigenvalue weighted by atomic mass is 10.0. The predicted octanol–water partition coefficient (Wildman–Crippen LogP) is 2.77. The van der Waals surface area contributed by atoms with E-state index < -0.39 is 28.6 Å². The molecule has 0 spiro atoms. The van der Waals surface area contributed by atoms with Crippen LogP contribution in [0.5, 0.6) is 0 Å². The molecular weight excluding hydrogens is 357 g/mol. The maximum absolute atomic E-state index is 12.7. The number of Topliss-reactive ketones (excluding diaryl/α,β-unsaturated/α-hetero) is 1. The van der Waals surface area contributed by atoms with Gasteiger partial charge in [0.25, 0.3) is 0 Å². The number of ketones is 1. The zero-order chi connectivity index (χ0) is 17.4. The van der Waals surface area contributed by atoms with E-state index in [0.717, 1.165) is 4.90 Å². The molecule has 0 aromatic carbocycles. The number of rotatable bonds is 4. The van der Waals surface area contributed by atoms with Gasteiger partial charge in [-0.05, 0) is 13.3 Å². The van der Waals surface area contributed by atoms with E-state index >= 15 is 0 Å². The van der Waals surface area contributed by atoms with Crippen molar-refractivity contribution < 1.29 is 22.8 Å². The Kier molecular flexibility index (Phi) is 5.14. The molecule has 2 heterocycles. The van der Waals surface area contributed by atoms with Gasteiger partial charge < -0.3 is 4.90 Å². The van der Waals surface area contributed by atoms with Gasteiger partial charge in [-0.15, -0.1) is 21.8 Å². The number of carbonyl (C=O) groups is 2. The summed E-state index contributed by atoms with van der Waals surface area (Å²) in [5.74, 6) is -0.308. The second kappa shape index (κ2) is 6.60. The van der Waals surface area contributed by atoms with Crippen molar-refractivity contribution in [3.8, 4) is 0 Å². The highest BCUT2D eigenvalue weighted by atomic mass is 35.5. The first kappa shape index (κ1) is 17.9. The zero-order valence-corrected chi connectivity index (χ0v) is 13.9. The van der Waals surface area contributed by atoms with E-state index in [2.05, 4.69) is 10.2 Å². The second-order valence-corrected chi connectivity index (χ2v) is 6.92. The summed E-state index contributed by atoms with van der Waals surface area (Å²) >= 11 is 6.04. The third kappa shape index (κ3) is 3.92. The summed E-state index contributed by atoms with van der Waals surface area (Å²) in [4.78, 5) is 26.9. The van der Waals surface area contributed by atoms with Gasteiger partial charge in [-0.1, -0.05) is 11.3 Å². The first-order valence-electron chi connectivity index (χ1n) is 6.73. The number of anilines is 1. The molecule has 0 aliphatic carbocycles. The van der Waals surface area contributed by atoms with Gasteiger partial charge in [0.1, 0.15) is 6.04 Å². The summed E-state index contributed by atoms with van der Waals surface area (Å²) in [5, 5.41) is 4.68. The summed E-state index contributed by atoms with van der Waals surface area (Å²) in [5.41, 5.74) is 0. The minimum absolute atomic E-state index is 0.0185. The molecule has 2 amide bonds. The van der Waals surface area contributed by atoms with Crippen LogP contribution < -0.4 is 4.90 Å². The minimum Gasteiger partial charge on any atom is -0.327 e. The van der Waals surface area contributed by atoms with Crippen LogP contribution in [-0.4, -0.2) is 51.9 Å².